The average Bonchev–Trinajstić information content (AvgIpc) is 3.11. The molecule has 1 heterocycles. The summed E-state index contributed by atoms with van der Waals surface area (Å²) in [6.07, 6.45) is 18.0. The van der Waals surface area contributed by atoms with Gasteiger partial charge in [-0.25, -0.2) is 4.79 Å². The smallest absolute Gasteiger partial charge is 0.414 e. The van der Waals surface area contributed by atoms with Crippen LogP contribution in [0.1, 0.15) is 84.1 Å². The van der Waals surface area contributed by atoms with Crippen molar-refractivity contribution in [3.05, 3.63) is 53.8 Å². The zero-order chi connectivity index (χ0) is 25.9. The Kier molecular flexibility index (Phi) is 7.73. The van der Waals surface area contributed by atoms with E-state index in [9.17, 15) is 9.59 Å². The fraction of sp³-hybridized carbons (Fsp3) is 0.548. The minimum atomic E-state index is -0.300. The zero-order valence-corrected chi connectivity index (χ0v) is 22.5. The monoisotopic (exact) mass is 503 g/mol. The maximum atomic E-state index is 13.5. The van der Waals surface area contributed by atoms with Crippen molar-refractivity contribution in [1.82, 2.24) is 5.32 Å². The van der Waals surface area contributed by atoms with E-state index in [2.05, 4.69) is 48.7 Å². The van der Waals surface area contributed by atoms with Crippen LogP contribution in [0.2, 0.25) is 0 Å². The number of fused-ring (bicyclic) bond motifs is 1. The summed E-state index contributed by atoms with van der Waals surface area (Å²) in [5, 5.41) is 3.82. The summed E-state index contributed by atoms with van der Waals surface area (Å²) >= 11 is 0. The molecule has 0 spiro atoms. The van der Waals surface area contributed by atoms with Gasteiger partial charge < -0.3 is 15.0 Å². The fourth-order valence-corrected chi connectivity index (χ4v) is 6.30. The van der Waals surface area contributed by atoms with Crippen LogP contribution >= 0.6 is 0 Å². The second-order valence-electron chi connectivity index (χ2n) is 11.2. The molecule has 2 saturated carbocycles. The molecular weight excluding hydrogens is 462 g/mol. The Morgan fingerprint density at radius 1 is 1.08 bits per heavy atom. The summed E-state index contributed by atoms with van der Waals surface area (Å²) in [5.41, 5.74) is 4.92. The van der Waals surface area contributed by atoms with Crippen LogP contribution in [-0.4, -0.2) is 36.7 Å². The van der Waals surface area contributed by atoms with Crippen molar-refractivity contribution >= 4 is 28.9 Å². The van der Waals surface area contributed by atoms with E-state index in [1.54, 1.807) is 16.7 Å². The van der Waals surface area contributed by atoms with Crippen LogP contribution in [0.15, 0.2) is 48.2 Å². The van der Waals surface area contributed by atoms with E-state index in [4.69, 9.17) is 4.74 Å². The van der Waals surface area contributed by atoms with E-state index in [1.807, 2.05) is 13.0 Å². The summed E-state index contributed by atoms with van der Waals surface area (Å²) in [7, 11) is 0. The number of allylic oxidation sites excluding steroid dienone is 5. The van der Waals surface area contributed by atoms with Crippen molar-refractivity contribution < 1.29 is 14.3 Å². The van der Waals surface area contributed by atoms with E-state index >= 15 is 0 Å². The minimum absolute atomic E-state index is 0.0159. The third-order valence-corrected chi connectivity index (χ3v) is 8.45. The molecule has 2 amide bonds. The van der Waals surface area contributed by atoms with Gasteiger partial charge in [-0.3, -0.25) is 9.69 Å². The molecule has 3 aliphatic carbocycles. The Morgan fingerprint density at radius 3 is 2.59 bits per heavy atom. The van der Waals surface area contributed by atoms with E-state index in [1.165, 1.54) is 31.4 Å². The number of carbonyl (C=O) groups is 2. The molecule has 198 valence electrons. The summed E-state index contributed by atoms with van der Waals surface area (Å²) in [5.74, 6) is 0.808. The summed E-state index contributed by atoms with van der Waals surface area (Å²) in [4.78, 5) is 29.6. The van der Waals surface area contributed by atoms with E-state index in [-0.39, 0.29) is 24.1 Å². The van der Waals surface area contributed by atoms with Crippen molar-refractivity contribution in [2.75, 3.05) is 16.3 Å². The maximum absolute atomic E-state index is 13.5. The third kappa shape index (κ3) is 5.48. The lowest BCUT2D eigenvalue weighted by Crippen LogP contribution is -2.52. The summed E-state index contributed by atoms with van der Waals surface area (Å²) in [6.45, 7) is 6.28. The Labute approximate surface area is 221 Å². The molecule has 5 rings (SSSR count). The summed E-state index contributed by atoms with van der Waals surface area (Å²) in [6, 6.07) is 6.54. The van der Waals surface area contributed by atoms with Gasteiger partial charge in [0.15, 0.2) is 0 Å². The fourth-order valence-electron chi connectivity index (χ4n) is 6.30. The molecule has 4 aliphatic rings. The first-order valence-corrected chi connectivity index (χ1v) is 14.2. The predicted octanol–water partition coefficient (Wildman–Crippen LogP) is 6.72. The lowest BCUT2D eigenvalue weighted by atomic mass is 9.78. The first-order valence-electron chi connectivity index (χ1n) is 14.2. The highest BCUT2D eigenvalue weighted by Crippen LogP contribution is 2.40. The SMILES string of the molecule is CCC1CC(NC2=C(c3ccc4c(c3)N(C(=O)OC3CCCCC3)CC(C)N4C(C)=O)C=CC=CC2)C1. The quantitative estimate of drug-likeness (QED) is 0.484. The Morgan fingerprint density at radius 2 is 1.86 bits per heavy atom. The number of benzene rings is 1. The van der Waals surface area contributed by atoms with E-state index in [0.29, 0.717) is 12.6 Å². The molecule has 2 fully saturated rings. The highest BCUT2D eigenvalue weighted by atomic mass is 16.6. The lowest BCUT2D eigenvalue weighted by molar-refractivity contribution is -0.117. The molecule has 1 N–H and O–H groups in total. The Bertz CT molecular complexity index is 1110. The van der Waals surface area contributed by atoms with Crippen molar-refractivity contribution in [3.8, 4) is 0 Å². The van der Waals surface area contributed by atoms with Gasteiger partial charge in [0.05, 0.1) is 17.4 Å². The van der Waals surface area contributed by atoms with Gasteiger partial charge in [-0.15, -0.1) is 0 Å². The van der Waals surface area contributed by atoms with E-state index in [0.717, 1.165) is 60.5 Å². The number of hydrogen-bond acceptors (Lipinski definition) is 4. The number of carbonyl (C=O) groups excluding carboxylic acids is 2. The van der Waals surface area contributed by atoms with Gasteiger partial charge >= 0.3 is 6.09 Å². The molecule has 0 aromatic heterocycles. The first kappa shape index (κ1) is 25.6. The first-order chi connectivity index (χ1) is 17.9. The van der Waals surface area contributed by atoms with Crippen LogP contribution in [0.25, 0.3) is 5.57 Å². The number of rotatable bonds is 5. The highest BCUT2D eigenvalue weighted by molar-refractivity contribution is 6.03. The largest absolute Gasteiger partial charge is 0.446 e. The van der Waals surface area contributed by atoms with Gasteiger partial charge in [-0.2, -0.15) is 0 Å². The molecule has 0 radical (unpaired) electrons. The minimum Gasteiger partial charge on any atom is -0.446 e. The Hall–Kier alpha value is -3.02. The van der Waals surface area contributed by atoms with Gasteiger partial charge in [-0.1, -0.05) is 50.1 Å². The Balaban J connectivity index is 1.49. The highest BCUT2D eigenvalue weighted by Gasteiger charge is 2.36. The molecule has 0 saturated heterocycles. The standard InChI is InChI=1S/C31H41N3O3/c1-4-23-17-25(18-23)32-28-14-10-6-9-13-27(28)24-15-16-29-30(19-24)33(20-21(2)34(29)22(3)35)31(36)37-26-11-7-5-8-12-26/h6,9-10,13,15-16,19,21,23,25-26,32H,4-5,7-8,11-12,14,17-18,20H2,1-3H3. The van der Waals surface area contributed by atoms with Crippen LogP contribution in [0.5, 0.6) is 0 Å². The third-order valence-electron chi connectivity index (χ3n) is 8.45. The van der Waals surface area contributed by atoms with Crippen LogP contribution in [-0.2, 0) is 9.53 Å². The van der Waals surface area contributed by atoms with Crippen molar-refractivity contribution in [3.63, 3.8) is 0 Å². The zero-order valence-electron chi connectivity index (χ0n) is 22.5. The molecular formula is C31H41N3O3. The normalized spacial score (nSPS) is 25.9. The number of anilines is 2. The average molecular weight is 504 g/mol. The second-order valence-corrected chi connectivity index (χ2v) is 11.2. The van der Waals surface area contributed by atoms with Crippen LogP contribution in [0, 0.1) is 5.92 Å². The number of ether oxygens (including phenoxy) is 1. The second kappa shape index (κ2) is 11.2. The molecule has 0 bridgehead atoms. The van der Waals surface area contributed by atoms with Gasteiger partial charge in [0.1, 0.15) is 6.10 Å². The molecule has 1 unspecified atom stereocenters. The molecule has 1 aromatic rings. The molecule has 1 aromatic carbocycles. The maximum Gasteiger partial charge on any atom is 0.414 e. The molecule has 37 heavy (non-hydrogen) atoms. The van der Waals surface area contributed by atoms with Gasteiger partial charge in [0, 0.05) is 37.2 Å². The number of amides is 2. The van der Waals surface area contributed by atoms with Crippen molar-refractivity contribution in [2.45, 2.75) is 96.7 Å². The number of nitrogens with zero attached hydrogens (tertiary/aromatic N) is 2. The molecule has 6 nitrogen and oxygen atoms in total. The van der Waals surface area contributed by atoms with E-state index < -0.39 is 0 Å². The topological polar surface area (TPSA) is 61.9 Å². The van der Waals surface area contributed by atoms with Crippen molar-refractivity contribution in [1.29, 1.82) is 0 Å². The van der Waals surface area contributed by atoms with Gasteiger partial charge in [0.2, 0.25) is 5.91 Å². The number of hydrogen-bond donors (Lipinski definition) is 1. The lowest BCUT2D eigenvalue weighted by Gasteiger charge is -2.41. The molecule has 1 atom stereocenters. The molecule has 6 heteroatoms. The van der Waals surface area contributed by atoms with Crippen LogP contribution in [0.4, 0.5) is 16.2 Å². The number of nitrogens with one attached hydrogen (secondary N) is 1. The summed E-state index contributed by atoms with van der Waals surface area (Å²) < 4.78 is 5.99. The molecule has 1 aliphatic heterocycles. The van der Waals surface area contributed by atoms with Crippen LogP contribution in [0.3, 0.4) is 0 Å². The van der Waals surface area contributed by atoms with Gasteiger partial charge in [-0.05, 0) is 69.1 Å². The van der Waals surface area contributed by atoms with Crippen LogP contribution < -0.4 is 15.1 Å². The predicted molar refractivity (Wildman–Crippen MR) is 150 cm³/mol. The van der Waals surface area contributed by atoms with Crippen molar-refractivity contribution in [2.24, 2.45) is 5.92 Å². The van der Waals surface area contributed by atoms with Gasteiger partial charge in [0.25, 0.3) is 0 Å².